The lowest BCUT2D eigenvalue weighted by molar-refractivity contribution is -0.137. The molecule has 0 aromatic heterocycles. The molecule has 1 aliphatic heterocycles. The number of halogens is 1. The summed E-state index contributed by atoms with van der Waals surface area (Å²) in [4.78, 5) is 13.1. The number of aliphatic carboxylic acids is 1. The molecule has 0 amide bonds. The summed E-state index contributed by atoms with van der Waals surface area (Å²) in [6, 6.07) is 8.18. The van der Waals surface area contributed by atoms with Crippen molar-refractivity contribution in [1.82, 2.24) is 0 Å². The van der Waals surface area contributed by atoms with Crippen molar-refractivity contribution in [3.8, 4) is 0 Å². The first kappa shape index (κ1) is 13.4. The molecule has 0 bridgehead atoms. The normalized spacial score (nSPS) is 22.2. The van der Waals surface area contributed by atoms with Crippen LogP contribution in [-0.2, 0) is 4.79 Å². The van der Waals surface area contributed by atoms with Crippen molar-refractivity contribution in [1.29, 1.82) is 0 Å². The van der Waals surface area contributed by atoms with Gasteiger partial charge in [-0.2, -0.15) is 0 Å². The molecule has 0 aliphatic carbocycles. The molecule has 1 saturated heterocycles. The van der Waals surface area contributed by atoms with E-state index in [2.05, 4.69) is 46.8 Å². The van der Waals surface area contributed by atoms with Crippen molar-refractivity contribution in [3.63, 3.8) is 0 Å². The highest BCUT2D eigenvalue weighted by molar-refractivity contribution is 9.10. The molecule has 0 radical (unpaired) electrons. The van der Waals surface area contributed by atoms with Gasteiger partial charge in [0.2, 0.25) is 0 Å². The van der Waals surface area contributed by atoms with E-state index in [1.165, 1.54) is 0 Å². The predicted octanol–water partition coefficient (Wildman–Crippen LogP) is 3.53. The van der Waals surface area contributed by atoms with Gasteiger partial charge in [0.1, 0.15) is 0 Å². The Hall–Kier alpha value is -1.03. The Morgan fingerprint density at radius 3 is 2.89 bits per heavy atom. The maximum absolute atomic E-state index is 10.8. The lowest BCUT2D eigenvalue weighted by Crippen LogP contribution is -2.38. The maximum atomic E-state index is 10.8. The molecule has 3 nitrogen and oxygen atoms in total. The number of hydrogen-bond acceptors (Lipinski definition) is 2. The molecule has 18 heavy (non-hydrogen) atoms. The second kappa shape index (κ2) is 4.92. The zero-order valence-electron chi connectivity index (χ0n) is 10.7. The van der Waals surface area contributed by atoms with Crippen molar-refractivity contribution in [2.75, 3.05) is 11.4 Å². The molecule has 1 unspecified atom stereocenters. The highest BCUT2D eigenvalue weighted by Crippen LogP contribution is 2.38. The summed E-state index contributed by atoms with van der Waals surface area (Å²) in [6.45, 7) is 5.17. The van der Waals surface area contributed by atoms with Crippen molar-refractivity contribution < 1.29 is 9.90 Å². The van der Waals surface area contributed by atoms with Gasteiger partial charge in [-0.15, -0.1) is 0 Å². The Kier molecular flexibility index (Phi) is 3.66. The molecule has 1 aliphatic rings. The monoisotopic (exact) mass is 311 g/mol. The van der Waals surface area contributed by atoms with Crippen molar-refractivity contribution in [3.05, 3.63) is 28.7 Å². The quantitative estimate of drug-likeness (QED) is 0.928. The number of carbonyl (C=O) groups is 1. The molecule has 1 aromatic carbocycles. The van der Waals surface area contributed by atoms with Crippen LogP contribution >= 0.6 is 15.9 Å². The van der Waals surface area contributed by atoms with E-state index in [4.69, 9.17) is 5.11 Å². The third-order valence-corrected chi connectivity index (χ3v) is 4.04. The number of rotatable bonds is 3. The van der Waals surface area contributed by atoms with E-state index >= 15 is 0 Å². The minimum absolute atomic E-state index is 0.0148. The largest absolute Gasteiger partial charge is 0.481 e. The molecule has 1 fully saturated rings. The average Bonchev–Trinajstić information content (AvgIpc) is 2.52. The van der Waals surface area contributed by atoms with E-state index in [0.29, 0.717) is 0 Å². The van der Waals surface area contributed by atoms with Crippen LogP contribution in [0.25, 0.3) is 0 Å². The summed E-state index contributed by atoms with van der Waals surface area (Å²) in [5, 5.41) is 8.92. The fourth-order valence-electron chi connectivity index (χ4n) is 2.87. The van der Waals surface area contributed by atoms with Crippen molar-refractivity contribution in [2.24, 2.45) is 5.92 Å². The van der Waals surface area contributed by atoms with Crippen LogP contribution in [0.4, 0.5) is 5.69 Å². The van der Waals surface area contributed by atoms with Gasteiger partial charge in [-0.3, -0.25) is 4.79 Å². The van der Waals surface area contributed by atoms with Crippen LogP contribution < -0.4 is 4.90 Å². The second-order valence-corrected chi connectivity index (χ2v) is 6.49. The minimum atomic E-state index is -0.702. The molecule has 1 atom stereocenters. The zero-order valence-corrected chi connectivity index (χ0v) is 12.3. The molecule has 1 aromatic rings. The Labute approximate surface area is 116 Å². The first-order valence-corrected chi connectivity index (χ1v) is 6.93. The van der Waals surface area contributed by atoms with E-state index in [0.717, 1.165) is 23.1 Å². The molecule has 1 N–H and O–H groups in total. The van der Waals surface area contributed by atoms with Gasteiger partial charge >= 0.3 is 5.97 Å². The smallest absolute Gasteiger partial charge is 0.303 e. The first-order valence-electron chi connectivity index (χ1n) is 6.13. The lowest BCUT2D eigenvalue weighted by atomic mass is 9.94. The molecular weight excluding hydrogens is 294 g/mol. The SMILES string of the molecule is CC1(C)CC(CC(=O)O)CN1c1cccc(Br)c1. The van der Waals surface area contributed by atoms with Crippen molar-refractivity contribution >= 4 is 27.6 Å². The summed E-state index contributed by atoms with van der Waals surface area (Å²) in [5.41, 5.74) is 1.17. The number of carboxylic acid groups (broad SMARTS) is 1. The second-order valence-electron chi connectivity index (χ2n) is 5.57. The topological polar surface area (TPSA) is 40.5 Å². The molecular formula is C14H18BrNO2. The van der Waals surface area contributed by atoms with Crippen LogP contribution in [0.5, 0.6) is 0 Å². The predicted molar refractivity (Wildman–Crippen MR) is 75.9 cm³/mol. The fourth-order valence-corrected chi connectivity index (χ4v) is 3.26. The number of hydrogen-bond donors (Lipinski definition) is 1. The van der Waals surface area contributed by atoms with E-state index in [1.807, 2.05) is 12.1 Å². The summed E-state index contributed by atoms with van der Waals surface area (Å²) < 4.78 is 1.05. The van der Waals surface area contributed by atoms with E-state index in [1.54, 1.807) is 0 Å². The molecule has 0 saturated carbocycles. The van der Waals surface area contributed by atoms with E-state index in [-0.39, 0.29) is 17.9 Å². The average molecular weight is 312 g/mol. The third-order valence-electron chi connectivity index (χ3n) is 3.54. The molecule has 0 spiro atoms. The molecule has 98 valence electrons. The van der Waals surface area contributed by atoms with Gasteiger partial charge in [0.05, 0.1) is 0 Å². The summed E-state index contributed by atoms with van der Waals surface area (Å²) in [7, 11) is 0. The standard InChI is InChI=1S/C14H18BrNO2/c1-14(2)8-10(6-13(17)18)9-16(14)12-5-3-4-11(15)7-12/h3-5,7,10H,6,8-9H2,1-2H3,(H,17,18). The van der Waals surface area contributed by atoms with Gasteiger partial charge in [-0.1, -0.05) is 22.0 Å². The minimum Gasteiger partial charge on any atom is -0.481 e. The Bertz CT molecular complexity index is 459. The molecule has 2 rings (SSSR count). The highest BCUT2D eigenvalue weighted by atomic mass is 79.9. The van der Waals surface area contributed by atoms with Gasteiger partial charge in [-0.25, -0.2) is 0 Å². The van der Waals surface area contributed by atoms with E-state index < -0.39 is 5.97 Å². The van der Waals surface area contributed by atoms with Crippen LogP contribution in [0.2, 0.25) is 0 Å². The Morgan fingerprint density at radius 2 is 2.28 bits per heavy atom. The number of benzene rings is 1. The van der Waals surface area contributed by atoms with Crippen LogP contribution in [-0.4, -0.2) is 23.2 Å². The zero-order chi connectivity index (χ0) is 13.3. The van der Waals surface area contributed by atoms with Gasteiger partial charge in [0.25, 0.3) is 0 Å². The third kappa shape index (κ3) is 2.86. The summed E-state index contributed by atoms with van der Waals surface area (Å²) in [6.07, 6.45) is 1.18. The summed E-state index contributed by atoms with van der Waals surface area (Å²) in [5.74, 6) is -0.469. The number of carboxylic acids is 1. The van der Waals surface area contributed by atoms with Crippen LogP contribution in [0.1, 0.15) is 26.7 Å². The summed E-state index contributed by atoms with van der Waals surface area (Å²) >= 11 is 3.48. The van der Waals surface area contributed by atoms with Gasteiger partial charge in [-0.05, 0) is 44.4 Å². The van der Waals surface area contributed by atoms with Crippen LogP contribution in [0, 0.1) is 5.92 Å². The maximum Gasteiger partial charge on any atom is 0.303 e. The molecule has 4 heteroatoms. The van der Waals surface area contributed by atoms with Gasteiger partial charge in [0, 0.05) is 28.7 Å². The number of anilines is 1. The van der Waals surface area contributed by atoms with Crippen LogP contribution in [0.15, 0.2) is 28.7 Å². The van der Waals surface area contributed by atoms with Crippen LogP contribution in [0.3, 0.4) is 0 Å². The lowest BCUT2D eigenvalue weighted by Gasteiger charge is -2.33. The Morgan fingerprint density at radius 1 is 1.56 bits per heavy atom. The van der Waals surface area contributed by atoms with Gasteiger partial charge < -0.3 is 10.0 Å². The van der Waals surface area contributed by atoms with Gasteiger partial charge in [0.15, 0.2) is 0 Å². The number of nitrogens with zero attached hydrogens (tertiary/aromatic N) is 1. The van der Waals surface area contributed by atoms with E-state index in [9.17, 15) is 4.79 Å². The molecule has 1 heterocycles. The first-order chi connectivity index (χ1) is 8.38. The highest BCUT2D eigenvalue weighted by Gasteiger charge is 2.39. The van der Waals surface area contributed by atoms with Crippen molar-refractivity contribution in [2.45, 2.75) is 32.2 Å². The Balaban J connectivity index is 2.20. The fraction of sp³-hybridized carbons (Fsp3) is 0.500.